The summed E-state index contributed by atoms with van der Waals surface area (Å²) in [6, 6.07) is 26.3. The molecular weight excluding hydrogens is 592 g/mol. The number of nitro groups is 1. The molecule has 0 fully saturated rings. The normalized spacial score (nSPS) is 11.5. The second kappa shape index (κ2) is 11.5. The number of nitro benzene ring substituents is 1. The van der Waals surface area contributed by atoms with Crippen LogP contribution in [0.5, 0.6) is 0 Å². The van der Waals surface area contributed by atoms with Gasteiger partial charge in [0.2, 0.25) is 0 Å². The number of imidazole rings is 1. The molecule has 0 radical (unpaired) electrons. The monoisotopic (exact) mass is 608 g/mol. The van der Waals surface area contributed by atoms with Crippen LogP contribution in [0.3, 0.4) is 0 Å². The van der Waals surface area contributed by atoms with Gasteiger partial charge in [-0.15, -0.1) is 11.3 Å². The number of para-hydroxylation sites is 2. The molecule has 6 aromatic rings. The SMILES string of the molecule is N#C/C(=C\c1ccc(Sc2nc3ccc(NC(=O)c4ccc(Cl)cc4)cc3s2)c([N+](=O)[O-])c1)c1nc2ccccc2[nH]1. The molecule has 2 N–H and O–H groups in total. The van der Waals surface area contributed by atoms with Crippen LogP contribution in [-0.2, 0) is 0 Å². The topological polar surface area (TPSA) is 138 Å². The highest BCUT2D eigenvalue weighted by Gasteiger charge is 2.18. The van der Waals surface area contributed by atoms with E-state index in [1.165, 1.54) is 29.2 Å². The predicted octanol–water partition coefficient (Wildman–Crippen LogP) is 8.20. The van der Waals surface area contributed by atoms with E-state index in [1.807, 2.05) is 30.3 Å². The minimum absolute atomic E-state index is 0.106. The van der Waals surface area contributed by atoms with E-state index in [0.29, 0.717) is 42.4 Å². The lowest BCUT2D eigenvalue weighted by molar-refractivity contribution is -0.387. The number of halogens is 1. The van der Waals surface area contributed by atoms with Crippen molar-refractivity contribution in [3.8, 4) is 6.07 Å². The fourth-order valence-electron chi connectivity index (χ4n) is 4.18. The van der Waals surface area contributed by atoms with Gasteiger partial charge in [0.1, 0.15) is 11.9 Å². The summed E-state index contributed by atoms with van der Waals surface area (Å²) in [4.78, 5) is 36.7. The van der Waals surface area contributed by atoms with Gasteiger partial charge in [0.25, 0.3) is 11.6 Å². The van der Waals surface area contributed by atoms with Crippen molar-refractivity contribution < 1.29 is 9.72 Å². The van der Waals surface area contributed by atoms with Gasteiger partial charge in [0, 0.05) is 22.3 Å². The van der Waals surface area contributed by atoms with Crippen LogP contribution in [0.15, 0.2) is 94.2 Å². The van der Waals surface area contributed by atoms with Crippen molar-refractivity contribution in [2.45, 2.75) is 9.24 Å². The Balaban J connectivity index is 1.24. The van der Waals surface area contributed by atoms with E-state index in [-0.39, 0.29) is 17.2 Å². The molecule has 12 heteroatoms. The number of hydrogen-bond acceptors (Lipinski definition) is 8. The van der Waals surface area contributed by atoms with E-state index in [0.717, 1.165) is 15.7 Å². The van der Waals surface area contributed by atoms with Gasteiger partial charge in [-0.05, 0) is 72.3 Å². The number of nitrogens with zero attached hydrogens (tertiary/aromatic N) is 4. The predicted molar refractivity (Wildman–Crippen MR) is 166 cm³/mol. The zero-order chi connectivity index (χ0) is 29.2. The standard InChI is InChI=1S/C30H17ClN6O3S2/c31-20-8-6-18(7-9-20)29(38)33-21-10-11-24-27(15-21)42-30(36-24)41-26-12-5-17(14-25(26)37(39)40)13-19(16-32)28-34-22-3-1-2-4-23(22)35-28/h1-15H,(H,33,38)(H,34,35)/b19-13+. The molecule has 204 valence electrons. The molecule has 1 amide bonds. The second-order valence-corrected chi connectivity index (χ2v) is 11.7. The van der Waals surface area contributed by atoms with E-state index in [9.17, 15) is 20.2 Å². The number of nitriles is 1. The maximum absolute atomic E-state index is 12.6. The van der Waals surface area contributed by atoms with E-state index in [1.54, 1.807) is 54.6 Å². The summed E-state index contributed by atoms with van der Waals surface area (Å²) in [5.41, 5.74) is 3.94. The first-order valence-corrected chi connectivity index (χ1v) is 14.4. The van der Waals surface area contributed by atoms with Crippen LogP contribution in [0, 0.1) is 21.4 Å². The van der Waals surface area contributed by atoms with Crippen molar-refractivity contribution in [1.29, 1.82) is 5.26 Å². The fourth-order valence-corrected chi connectivity index (χ4v) is 6.45. The Bertz CT molecular complexity index is 2050. The lowest BCUT2D eigenvalue weighted by Gasteiger charge is -2.05. The van der Waals surface area contributed by atoms with Crippen molar-refractivity contribution in [3.05, 3.63) is 117 Å². The molecular formula is C30H17ClN6O3S2. The summed E-state index contributed by atoms with van der Waals surface area (Å²) >= 11 is 8.45. The smallest absolute Gasteiger partial charge is 0.283 e. The number of hydrogen-bond donors (Lipinski definition) is 2. The number of H-pyrrole nitrogens is 1. The number of aromatic amines is 1. The number of rotatable bonds is 7. The van der Waals surface area contributed by atoms with Gasteiger partial charge >= 0.3 is 0 Å². The first-order chi connectivity index (χ1) is 20.4. The molecule has 2 aromatic heterocycles. The third-order valence-electron chi connectivity index (χ3n) is 6.19. The summed E-state index contributed by atoms with van der Waals surface area (Å²) in [5.74, 6) is 0.118. The summed E-state index contributed by atoms with van der Waals surface area (Å²) in [5, 5.41) is 25.1. The summed E-state index contributed by atoms with van der Waals surface area (Å²) in [6.45, 7) is 0. The molecule has 0 saturated carbocycles. The van der Waals surface area contributed by atoms with Gasteiger partial charge in [-0.2, -0.15) is 5.26 Å². The Morgan fingerprint density at radius 1 is 1.05 bits per heavy atom. The van der Waals surface area contributed by atoms with Crippen LogP contribution in [0.25, 0.3) is 32.9 Å². The van der Waals surface area contributed by atoms with Crippen LogP contribution in [0.4, 0.5) is 11.4 Å². The van der Waals surface area contributed by atoms with E-state index in [2.05, 4.69) is 26.3 Å². The molecule has 0 aliphatic heterocycles. The Labute approximate surface area is 251 Å². The maximum Gasteiger partial charge on any atom is 0.283 e. The molecule has 6 rings (SSSR count). The first kappa shape index (κ1) is 27.2. The van der Waals surface area contributed by atoms with Gasteiger partial charge in [0.15, 0.2) is 4.34 Å². The number of aromatic nitrogens is 3. The number of nitrogens with one attached hydrogen (secondary N) is 2. The van der Waals surface area contributed by atoms with Crippen molar-refractivity contribution in [2.24, 2.45) is 0 Å². The second-order valence-electron chi connectivity index (χ2n) is 8.98. The molecule has 0 aliphatic rings. The summed E-state index contributed by atoms with van der Waals surface area (Å²) in [6.07, 6.45) is 1.57. The molecule has 9 nitrogen and oxygen atoms in total. The quantitative estimate of drug-likeness (QED) is 0.106. The van der Waals surface area contributed by atoms with Crippen LogP contribution in [-0.4, -0.2) is 25.8 Å². The number of anilines is 1. The van der Waals surface area contributed by atoms with Gasteiger partial charge in [-0.25, -0.2) is 9.97 Å². The average molecular weight is 609 g/mol. The van der Waals surface area contributed by atoms with Crippen molar-refractivity contribution in [3.63, 3.8) is 0 Å². The highest BCUT2D eigenvalue weighted by molar-refractivity contribution is 8.01. The number of carbonyl (C=O) groups is 1. The molecule has 0 atom stereocenters. The third-order valence-corrected chi connectivity index (χ3v) is 8.58. The molecule has 42 heavy (non-hydrogen) atoms. The van der Waals surface area contributed by atoms with Crippen molar-refractivity contribution >= 4 is 84.9 Å². The molecule has 0 bridgehead atoms. The summed E-state index contributed by atoms with van der Waals surface area (Å²) in [7, 11) is 0. The third kappa shape index (κ3) is 5.73. The minimum Gasteiger partial charge on any atom is -0.337 e. The number of fused-ring (bicyclic) bond motifs is 2. The zero-order valence-electron chi connectivity index (χ0n) is 21.4. The number of allylic oxidation sites excluding steroid dienone is 1. The molecule has 0 saturated heterocycles. The van der Waals surface area contributed by atoms with Crippen LogP contribution in [0.1, 0.15) is 21.7 Å². The first-order valence-electron chi connectivity index (χ1n) is 12.4. The van der Waals surface area contributed by atoms with Crippen LogP contribution < -0.4 is 5.32 Å². The average Bonchev–Trinajstić information content (AvgIpc) is 3.60. The van der Waals surface area contributed by atoms with E-state index >= 15 is 0 Å². The molecule has 4 aromatic carbocycles. The number of benzene rings is 4. The lowest BCUT2D eigenvalue weighted by Crippen LogP contribution is -2.11. The number of amides is 1. The van der Waals surface area contributed by atoms with Crippen LogP contribution >= 0.6 is 34.7 Å². The van der Waals surface area contributed by atoms with Crippen LogP contribution in [0.2, 0.25) is 5.02 Å². The Hall–Kier alpha value is -5.02. The molecule has 0 aliphatic carbocycles. The Morgan fingerprint density at radius 2 is 1.86 bits per heavy atom. The van der Waals surface area contributed by atoms with Gasteiger partial charge < -0.3 is 10.3 Å². The maximum atomic E-state index is 12.6. The van der Waals surface area contributed by atoms with Gasteiger partial charge in [-0.1, -0.05) is 41.6 Å². The van der Waals surface area contributed by atoms with Gasteiger partial charge in [-0.3, -0.25) is 14.9 Å². The van der Waals surface area contributed by atoms with Crippen molar-refractivity contribution in [2.75, 3.05) is 5.32 Å². The highest BCUT2D eigenvalue weighted by Crippen LogP contribution is 2.40. The lowest BCUT2D eigenvalue weighted by atomic mass is 10.1. The molecule has 2 heterocycles. The largest absolute Gasteiger partial charge is 0.337 e. The van der Waals surface area contributed by atoms with E-state index < -0.39 is 4.92 Å². The minimum atomic E-state index is -0.454. The van der Waals surface area contributed by atoms with E-state index in [4.69, 9.17) is 11.6 Å². The zero-order valence-corrected chi connectivity index (χ0v) is 23.8. The fraction of sp³-hybridized carbons (Fsp3) is 0. The molecule has 0 unspecified atom stereocenters. The van der Waals surface area contributed by atoms with Crippen molar-refractivity contribution in [1.82, 2.24) is 15.0 Å². The Morgan fingerprint density at radius 3 is 2.62 bits per heavy atom. The highest BCUT2D eigenvalue weighted by atomic mass is 35.5. The molecule has 0 spiro atoms. The Kier molecular flexibility index (Phi) is 7.41. The van der Waals surface area contributed by atoms with Gasteiger partial charge in [0.05, 0.1) is 36.6 Å². The summed E-state index contributed by atoms with van der Waals surface area (Å²) < 4.78 is 1.43. The number of thiazole rings is 1. The number of carbonyl (C=O) groups excluding carboxylic acids is 1.